The number of ether oxygens (including phenoxy) is 1. The Bertz CT molecular complexity index is 448. The molecule has 0 aromatic heterocycles. The van der Waals surface area contributed by atoms with Crippen molar-refractivity contribution < 1.29 is 19.4 Å². The molecule has 1 aromatic carbocycles. The van der Waals surface area contributed by atoms with Gasteiger partial charge in [-0.2, -0.15) is 0 Å². The smallest absolute Gasteiger partial charge is 0.305 e. The third-order valence-electron chi connectivity index (χ3n) is 2.41. The van der Waals surface area contributed by atoms with Crippen LogP contribution in [0.25, 0.3) is 0 Å². The Morgan fingerprint density at radius 1 is 1.47 bits per heavy atom. The number of carbonyl (C=O) groups excluding carboxylic acids is 1. The van der Waals surface area contributed by atoms with E-state index in [0.29, 0.717) is 6.61 Å². The van der Waals surface area contributed by atoms with Gasteiger partial charge in [-0.3, -0.25) is 9.59 Å². The minimum Gasteiger partial charge on any atom is -0.494 e. The van der Waals surface area contributed by atoms with E-state index in [1.807, 2.05) is 31.2 Å². The summed E-state index contributed by atoms with van der Waals surface area (Å²) in [7, 11) is 0. The van der Waals surface area contributed by atoms with Crippen LogP contribution < -0.4 is 15.8 Å². The van der Waals surface area contributed by atoms with Crippen molar-refractivity contribution in [3.8, 4) is 5.75 Å². The maximum Gasteiger partial charge on any atom is 0.305 e. The lowest BCUT2D eigenvalue weighted by molar-refractivity contribution is -0.139. The first-order valence-electron chi connectivity index (χ1n) is 5.99. The summed E-state index contributed by atoms with van der Waals surface area (Å²) >= 11 is 0. The van der Waals surface area contributed by atoms with Gasteiger partial charge in [-0.1, -0.05) is 12.1 Å². The van der Waals surface area contributed by atoms with Crippen LogP contribution in [-0.4, -0.2) is 29.6 Å². The number of hydrogen-bond acceptors (Lipinski definition) is 4. The fraction of sp³-hybridized carbons (Fsp3) is 0.385. The van der Waals surface area contributed by atoms with E-state index in [9.17, 15) is 9.59 Å². The van der Waals surface area contributed by atoms with Crippen LogP contribution in [0.1, 0.15) is 18.9 Å². The van der Waals surface area contributed by atoms with Crippen LogP contribution in [0.3, 0.4) is 0 Å². The molecule has 0 aliphatic heterocycles. The van der Waals surface area contributed by atoms with Gasteiger partial charge in [0.1, 0.15) is 5.75 Å². The molecule has 1 atom stereocenters. The van der Waals surface area contributed by atoms with Gasteiger partial charge in [-0.25, -0.2) is 0 Å². The maximum atomic E-state index is 11.5. The molecular weight excluding hydrogens is 248 g/mol. The molecule has 0 spiro atoms. The summed E-state index contributed by atoms with van der Waals surface area (Å²) in [5.41, 5.74) is 6.31. The van der Waals surface area contributed by atoms with E-state index in [4.69, 9.17) is 15.6 Å². The van der Waals surface area contributed by atoms with Gasteiger partial charge >= 0.3 is 5.97 Å². The molecule has 0 aliphatic rings. The van der Waals surface area contributed by atoms with Crippen molar-refractivity contribution >= 4 is 11.9 Å². The molecule has 19 heavy (non-hydrogen) atoms. The fourth-order valence-electron chi connectivity index (χ4n) is 1.51. The van der Waals surface area contributed by atoms with Gasteiger partial charge < -0.3 is 20.9 Å². The first-order chi connectivity index (χ1) is 9.02. The minimum absolute atomic E-state index is 0.285. The topological polar surface area (TPSA) is 102 Å². The summed E-state index contributed by atoms with van der Waals surface area (Å²) < 4.78 is 5.34. The van der Waals surface area contributed by atoms with Crippen LogP contribution in [0.2, 0.25) is 0 Å². The van der Waals surface area contributed by atoms with Gasteiger partial charge in [-0.05, 0) is 24.6 Å². The van der Waals surface area contributed by atoms with Crippen molar-refractivity contribution in [2.24, 2.45) is 5.73 Å². The summed E-state index contributed by atoms with van der Waals surface area (Å²) in [5, 5.41) is 11.1. The van der Waals surface area contributed by atoms with Gasteiger partial charge in [0, 0.05) is 6.54 Å². The largest absolute Gasteiger partial charge is 0.494 e. The van der Waals surface area contributed by atoms with Crippen molar-refractivity contribution in [1.29, 1.82) is 0 Å². The van der Waals surface area contributed by atoms with Crippen molar-refractivity contribution in [3.63, 3.8) is 0 Å². The zero-order valence-corrected chi connectivity index (χ0v) is 10.8. The van der Waals surface area contributed by atoms with E-state index < -0.39 is 17.9 Å². The lowest BCUT2D eigenvalue weighted by Gasteiger charge is -2.11. The summed E-state index contributed by atoms with van der Waals surface area (Å²) in [6, 6.07) is 6.26. The number of hydrogen-bond donors (Lipinski definition) is 3. The molecule has 0 heterocycles. The van der Waals surface area contributed by atoms with E-state index in [1.165, 1.54) is 0 Å². The molecular formula is C13H18N2O4. The molecule has 0 saturated carbocycles. The molecule has 6 heteroatoms. The number of aliphatic carboxylic acids is 1. The lowest BCUT2D eigenvalue weighted by atomic mass is 10.2. The molecule has 1 aromatic rings. The second-order valence-corrected chi connectivity index (χ2v) is 4.00. The average molecular weight is 266 g/mol. The van der Waals surface area contributed by atoms with Crippen molar-refractivity contribution in [1.82, 2.24) is 5.32 Å². The third-order valence-corrected chi connectivity index (χ3v) is 2.41. The Morgan fingerprint density at radius 3 is 2.84 bits per heavy atom. The van der Waals surface area contributed by atoms with E-state index in [1.54, 1.807) is 0 Å². The average Bonchev–Trinajstić information content (AvgIpc) is 2.36. The molecule has 1 amide bonds. The Morgan fingerprint density at radius 2 is 2.21 bits per heavy atom. The van der Waals surface area contributed by atoms with Crippen LogP contribution in [0.5, 0.6) is 5.75 Å². The number of benzene rings is 1. The number of nitrogens with one attached hydrogen (secondary N) is 1. The Balaban J connectivity index is 2.49. The van der Waals surface area contributed by atoms with Crippen molar-refractivity contribution in [3.05, 3.63) is 29.8 Å². The van der Waals surface area contributed by atoms with Crippen LogP contribution in [0.4, 0.5) is 0 Å². The minimum atomic E-state index is -1.10. The number of carboxylic acids is 1. The normalized spacial score (nSPS) is 11.7. The number of amides is 1. The molecule has 1 rings (SSSR count). The van der Waals surface area contributed by atoms with Crippen LogP contribution in [0.15, 0.2) is 24.3 Å². The highest BCUT2D eigenvalue weighted by Gasteiger charge is 2.16. The molecule has 0 bridgehead atoms. The predicted octanol–water partition coefficient (Wildman–Crippen LogP) is 0.504. The molecule has 0 saturated heterocycles. The first-order valence-corrected chi connectivity index (χ1v) is 5.99. The summed E-state index contributed by atoms with van der Waals surface area (Å²) in [6.45, 7) is 2.74. The highest BCUT2D eigenvalue weighted by molar-refractivity contribution is 5.85. The highest BCUT2D eigenvalue weighted by Crippen LogP contribution is 2.12. The summed E-state index contributed by atoms with van der Waals surface area (Å²) in [5.74, 6) is -0.853. The molecule has 0 fully saturated rings. The highest BCUT2D eigenvalue weighted by atomic mass is 16.5. The maximum absolute atomic E-state index is 11.5. The predicted molar refractivity (Wildman–Crippen MR) is 69.7 cm³/mol. The van der Waals surface area contributed by atoms with Crippen molar-refractivity contribution in [2.45, 2.75) is 25.9 Å². The third kappa shape index (κ3) is 5.39. The zero-order valence-electron chi connectivity index (χ0n) is 10.8. The van der Waals surface area contributed by atoms with Gasteiger partial charge in [0.2, 0.25) is 5.91 Å². The number of carbonyl (C=O) groups is 2. The van der Waals surface area contributed by atoms with Gasteiger partial charge in [-0.15, -0.1) is 0 Å². The quantitative estimate of drug-likeness (QED) is 0.667. The zero-order chi connectivity index (χ0) is 14.3. The molecule has 6 nitrogen and oxygen atoms in total. The summed E-state index contributed by atoms with van der Waals surface area (Å²) in [4.78, 5) is 22.0. The van der Waals surface area contributed by atoms with Crippen molar-refractivity contribution in [2.75, 3.05) is 6.61 Å². The van der Waals surface area contributed by atoms with E-state index in [-0.39, 0.29) is 13.0 Å². The fourth-order valence-corrected chi connectivity index (χ4v) is 1.51. The molecule has 4 N–H and O–H groups in total. The standard InChI is InChI=1S/C13H18N2O4/c1-2-19-10-5-3-4-9(6-10)8-15-13(18)11(14)7-12(16)17/h3-6,11H,2,7-8,14H2,1H3,(H,15,18)(H,16,17). The Kier molecular flexibility index (Phi) is 5.81. The number of nitrogens with two attached hydrogens (primary N) is 1. The number of carboxylic acid groups (broad SMARTS) is 1. The monoisotopic (exact) mass is 266 g/mol. The van der Waals surface area contributed by atoms with Crippen LogP contribution >= 0.6 is 0 Å². The SMILES string of the molecule is CCOc1cccc(CNC(=O)C(N)CC(=O)O)c1. The van der Waals surface area contributed by atoms with E-state index >= 15 is 0 Å². The molecule has 0 radical (unpaired) electrons. The van der Waals surface area contributed by atoms with Gasteiger partial charge in [0.25, 0.3) is 0 Å². The lowest BCUT2D eigenvalue weighted by Crippen LogP contribution is -2.41. The second kappa shape index (κ2) is 7.38. The van der Waals surface area contributed by atoms with E-state index in [2.05, 4.69) is 5.32 Å². The Hall–Kier alpha value is -2.08. The summed E-state index contributed by atoms with van der Waals surface area (Å²) in [6.07, 6.45) is -0.384. The van der Waals surface area contributed by atoms with E-state index in [0.717, 1.165) is 11.3 Å². The molecule has 1 unspecified atom stereocenters. The van der Waals surface area contributed by atoms with Crippen LogP contribution in [0, 0.1) is 0 Å². The number of rotatable bonds is 7. The first kappa shape index (κ1) is 15.0. The molecule has 0 aliphatic carbocycles. The Labute approximate surface area is 111 Å². The second-order valence-electron chi connectivity index (χ2n) is 4.00. The van der Waals surface area contributed by atoms with Gasteiger partial charge in [0.05, 0.1) is 19.1 Å². The molecule has 104 valence electrons. The van der Waals surface area contributed by atoms with Crippen LogP contribution in [-0.2, 0) is 16.1 Å². The van der Waals surface area contributed by atoms with Gasteiger partial charge in [0.15, 0.2) is 0 Å².